The molecule has 0 unspecified atom stereocenters. The van der Waals surface area contributed by atoms with Gasteiger partial charge in [-0.3, -0.25) is 14.5 Å². The number of rotatable bonds is 5. The number of aryl methyl sites for hydroxylation is 1. The first kappa shape index (κ1) is 16.0. The molecule has 1 aromatic carbocycles. The Morgan fingerprint density at radius 1 is 1.16 bits per heavy atom. The van der Waals surface area contributed by atoms with Crippen molar-refractivity contribution in [3.8, 4) is 0 Å². The number of imide groups is 1. The Bertz CT molecular complexity index is 931. The lowest BCUT2D eigenvalue weighted by atomic mass is 10.1. The maximum absolute atomic E-state index is 12.3. The van der Waals surface area contributed by atoms with Crippen LogP contribution in [0.2, 0.25) is 0 Å². The molecule has 0 atom stereocenters. The number of benzene rings is 1. The van der Waals surface area contributed by atoms with E-state index in [-0.39, 0.29) is 17.7 Å². The van der Waals surface area contributed by atoms with Crippen LogP contribution in [0.1, 0.15) is 37.3 Å². The number of hydrogen-bond donors (Lipinski definition) is 0. The predicted molar refractivity (Wildman–Crippen MR) is 91.6 cm³/mol. The van der Waals surface area contributed by atoms with E-state index in [2.05, 4.69) is 15.2 Å². The largest absolute Gasteiger partial charge is 0.415 e. The van der Waals surface area contributed by atoms with Gasteiger partial charge in [0.1, 0.15) is 0 Å². The van der Waals surface area contributed by atoms with E-state index in [0.717, 1.165) is 22.5 Å². The second-order valence-electron chi connectivity index (χ2n) is 5.35. The highest BCUT2D eigenvalue weighted by molar-refractivity contribution is 7.99. The molecule has 0 saturated carbocycles. The van der Waals surface area contributed by atoms with E-state index in [4.69, 9.17) is 4.42 Å². The fourth-order valence-electron chi connectivity index (χ4n) is 2.49. The average Bonchev–Trinajstić information content (AvgIpc) is 3.28. The molecule has 3 heterocycles. The number of amides is 2. The fourth-order valence-corrected chi connectivity index (χ4v) is 3.83. The highest BCUT2D eigenvalue weighted by atomic mass is 32.2. The van der Waals surface area contributed by atoms with Crippen LogP contribution in [0.25, 0.3) is 0 Å². The van der Waals surface area contributed by atoms with Crippen LogP contribution in [0.4, 0.5) is 0 Å². The molecule has 0 bridgehead atoms. The van der Waals surface area contributed by atoms with Crippen molar-refractivity contribution in [1.29, 1.82) is 0 Å². The minimum absolute atomic E-state index is 0.129. The van der Waals surface area contributed by atoms with Crippen molar-refractivity contribution in [3.05, 3.63) is 57.4 Å². The SMILES string of the molecule is Cc1nc(Cc2nnc(SCN3C(=O)c4ccccc4C3=O)o2)cs1. The molecule has 0 radical (unpaired) electrons. The highest BCUT2D eigenvalue weighted by Gasteiger charge is 2.35. The molecule has 0 N–H and O–H groups in total. The zero-order valence-corrected chi connectivity index (χ0v) is 14.8. The van der Waals surface area contributed by atoms with E-state index in [1.807, 2.05) is 12.3 Å². The predicted octanol–water partition coefficient (Wildman–Crippen LogP) is 2.77. The number of hydrogen-bond acceptors (Lipinski definition) is 8. The summed E-state index contributed by atoms with van der Waals surface area (Å²) < 4.78 is 5.56. The van der Waals surface area contributed by atoms with Gasteiger partial charge in [0, 0.05) is 5.38 Å². The van der Waals surface area contributed by atoms with E-state index in [0.29, 0.717) is 28.7 Å². The minimum Gasteiger partial charge on any atom is -0.415 e. The first-order valence-corrected chi connectivity index (χ1v) is 9.30. The number of carbonyl (C=O) groups is 2. The lowest BCUT2D eigenvalue weighted by Gasteiger charge is -2.11. The summed E-state index contributed by atoms with van der Waals surface area (Å²) in [5, 5.41) is 11.2. The van der Waals surface area contributed by atoms with Crippen LogP contribution in [0.5, 0.6) is 0 Å². The molecular formula is C16H12N4O3S2. The molecule has 126 valence electrons. The van der Waals surface area contributed by atoms with Gasteiger partial charge in [-0.25, -0.2) is 4.98 Å². The summed E-state index contributed by atoms with van der Waals surface area (Å²) in [6.07, 6.45) is 0.463. The Labute approximate surface area is 151 Å². The van der Waals surface area contributed by atoms with Crippen molar-refractivity contribution in [3.63, 3.8) is 0 Å². The van der Waals surface area contributed by atoms with Gasteiger partial charge in [-0.1, -0.05) is 12.1 Å². The van der Waals surface area contributed by atoms with Gasteiger partial charge in [-0.2, -0.15) is 0 Å². The molecule has 9 heteroatoms. The van der Waals surface area contributed by atoms with Crippen molar-refractivity contribution in [2.75, 3.05) is 5.88 Å². The summed E-state index contributed by atoms with van der Waals surface area (Å²) in [5.74, 6) is -0.0178. The number of fused-ring (bicyclic) bond motifs is 1. The molecule has 7 nitrogen and oxygen atoms in total. The fraction of sp³-hybridized carbons (Fsp3) is 0.188. The van der Waals surface area contributed by atoms with Crippen LogP contribution >= 0.6 is 23.1 Å². The number of thiazole rings is 1. The van der Waals surface area contributed by atoms with Crippen LogP contribution in [-0.4, -0.2) is 37.8 Å². The maximum Gasteiger partial charge on any atom is 0.278 e. The van der Waals surface area contributed by atoms with Crippen LogP contribution < -0.4 is 0 Å². The zero-order chi connectivity index (χ0) is 17.4. The molecule has 0 fully saturated rings. The van der Waals surface area contributed by atoms with Gasteiger partial charge in [0.05, 0.1) is 34.1 Å². The Hall–Kier alpha value is -2.52. The second kappa shape index (κ2) is 6.41. The monoisotopic (exact) mass is 372 g/mol. The molecule has 1 aliphatic rings. The lowest BCUT2D eigenvalue weighted by molar-refractivity contribution is 0.0684. The van der Waals surface area contributed by atoms with Gasteiger partial charge < -0.3 is 4.42 Å². The Balaban J connectivity index is 1.41. The molecule has 2 amide bonds. The maximum atomic E-state index is 12.3. The molecule has 0 spiro atoms. The van der Waals surface area contributed by atoms with E-state index in [1.54, 1.807) is 35.6 Å². The average molecular weight is 372 g/mol. The van der Waals surface area contributed by atoms with E-state index < -0.39 is 0 Å². The van der Waals surface area contributed by atoms with E-state index >= 15 is 0 Å². The summed E-state index contributed by atoms with van der Waals surface area (Å²) in [5.41, 5.74) is 1.74. The van der Waals surface area contributed by atoms with Gasteiger partial charge in [-0.05, 0) is 30.8 Å². The topological polar surface area (TPSA) is 89.2 Å². The molecule has 1 aliphatic heterocycles. The van der Waals surface area contributed by atoms with Crippen molar-refractivity contribution >= 4 is 34.9 Å². The van der Waals surface area contributed by atoms with E-state index in [1.165, 1.54) is 4.90 Å². The molecule has 0 aliphatic carbocycles. The summed E-state index contributed by atoms with van der Waals surface area (Å²) in [7, 11) is 0. The summed E-state index contributed by atoms with van der Waals surface area (Å²) in [4.78, 5) is 30.1. The third-order valence-corrected chi connectivity index (χ3v) is 5.26. The van der Waals surface area contributed by atoms with Gasteiger partial charge >= 0.3 is 0 Å². The Morgan fingerprint density at radius 3 is 2.52 bits per heavy atom. The van der Waals surface area contributed by atoms with Gasteiger partial charge in [0.2, 0.25) is 5.89 Å². The number of thioether (sulfide) groups is 1. The third kappa shape index (κ3) is 3.08. The van der Waals surface area contributed by atoms with E-state index in [9.17, 15) is 9.59 Å². The van der Waals surface area contributed by atoms with Gasteiger partial charge in [0.25, 0.3) is 17.0 Å². The van der Waals surface area contributed by atoms with Crippen molar-refractivity contribution in [2.45, 2.75) is 18.6 Å². The smallest absolute Gasteiger partial charge is 0.278 e. The third-order valence-electron chi connectivity index (χ3n) is 3.64. The molecule has 0 saturated heterocycles. The quantitative estimate of drug-likeness (QED) is 0.502. The van der Waals surface area contributed by atoms with Crippen LogP contribution in [-0.2, 0) is 6.42 Å². The normalized spacial score (nSPS) is 13.6. The molecular weight excluding hydrogens is 360 g/mol. The van der Waals surface area contributed by atoms with Crippen LogP contribution in [0.15, 0.2) is 39.3 Å². The molecule has 25 heavy (non-hydrogen) atoms. The van der Waals surface area contributed by atoms with Crippen LogP contribution in [0.3, 0.4) is 0 Å². The first-order valence-electron chi connectivity index (χ1n) is 7.43. The van der Waals surface area contributed by atoms with Crippen molar-refractivity contribution in [2.24, 2.45) is 0 Å². The summed E-state index contributed by atoms with van der Waals surface area (Å²) >= 11 is 2.72. The number of nitrogens with zero attached hydrogens (tertiary/aromatic N) is 4. The number of carbonyl (C=O) groups excluding carboxylic acids is 2. The van der Waals surface area contributed by atoms with Gasteiger partial charge in [0.15, 0.2) is 0 Å². The van der Waals surface area contributed by atoms with Crippen molar-refractivity contribution < 1.29 is 14.0 Å². The zero-order valence-electron chi connectivity index (χ0n) is 13.1. The Morgan fingerprint density at radius 2 is 1.88 bits per heavy atom. The Kier molecular flexibility index (Phi) is 4.10. The second-order valence-corrected chi connectivity index (χ2v) is 7.31. The standard InChI is InChI=1S/C16H12N4O3S2/c1-9-17-10(7-24-9)6-13-18-19-16(23-13)25-8-20-14(21)11-4-2-3-5-12(11)15(20)22/h2-5,7H,6,8H2,1H3. The first-order chi connectivity index (χ1) is 12.1. The van der Waals surface area contributed by atoms with Gasteiger partial charge in [-0.15, -0.1) is 21.5 Å². The molecule has 2 aromatic heterocycles. The molecule has 4 rings (SSSR count). The van der Waals surface area contributed by atoms with Crippen LogP contribution in [0, 0.1) is 6.92 Å². The number of aromatic nitrogens is 3. The summed E-state index contributed by atoms with van der Waals surface area (Å²) in [6.45, 7) is 1.94. The highest BCUT2D eigenvalue weighted by Crippen LogP contribution is 2.26. The minimum atomic E-state index is -0.300. The van der Waals surface area contributed by atoms with Crippen molar-refractivity contribution in [1.82, 2.24) is 20.1 Å². The summed E-state index contributed by atoms with van der Waals surface area (Å²) in [6, 6.07) is 6.79. The lowest BCUT2D eigenvalue weighted by Crippen LogP contribution is -2.29. The molecule has 3 aromatic rings.